The molecule has 4 rings (SSSR count). The highest BCUT2D eigenvalue weighted by Gasteiger charge is 2.25. The summed E-state index contributed by atoms with van der Waals surface area (Å²) in [4.78, 5) is 5.45. The molecule has 0 aromatic heterocycles. The molecule has 0 aliphatic carbocycles. The predicted octanol–water partition coefficient (Wildman–Crippen LogP) is 6.11. The number of diazo groups is 1. The van der Waals surface area contributed by atoms with E-state index in [-0.39, 0.29) is 4.90 Å². The molecule has 1 fully saturated rings. The van der Waals surface area contributed by atoms with Crippen molar-refractivity contribution in [3.05, 3.63) is 59.6 Å². The quantitative estimate of drug-likeness (QED) is 0.171. The number of nitrogens with zero attached hydrogens (tertiary/aromatic N) is 3. The molecular formula is C28H35N3O6S. The number of rotatable bonds is 10. The van der Waals surface area contributed by atoms with Gasteiger partial charge in [-0.3, -0.25) is 0 Å². The molecule has 0 spiro atoms. The Morgan fingerprint density at radius 3 is 2.21 bits per heavy atom. The van der Waals surface area contributed by atoms with Gasteiger partial charge in [-0.15, -0.1) is 0 Å². The van der Waals surface area contributed by atoms with Crippen LogP contribution in [0.4, 0.5) is 11.4 Å². The fourth-order valence-electron chi connectivity index (χ4n) is 3.97. The van der Waals surface area contributed by atoms with E-state index in [1.165, 1.54) is 6.07 Å². The van der Waals surface area contributed by atoms with Crippen molar-refractivity contribution in [3.63, 3.8) is 0 Å². The number of hydrogen-bond acceptors (Lipinski definition) is 8. The molecule has 3 aromatic carbocycles. The lowest BCUT2D eigenvalue weighted by Gasteiger charge is -2.30. The van der Waals surface area contributed by atoms with Crippen LogP contribution in [0.5, 0.6) is 11.5 Å². The topological polar surface area (TPSA) is 116 Å². The third kappa shape index (κ3) is 8.05. The van der Waals surface area contributed by atoms with Gasteiger partial charge in [-0.2, -0.15) is 0 Å². The first kappa shape index (κ1) is 29.2. The first-order chi connectivity index (χ1) is 18.4. The fourth-order valence-corrected chi connectivity index (χ4v) is 4.67. The van der Waals surface area contributed by atoms with Crippen LogP contribution in [0, 0.1) is 5.39 Å². The molecule has 1 aliphatic rings. The minimum absolute atomic E-state index is 0.157. The Labute approximate surface area is 224 Å². The largest absolute Gasteiger partial charge is 0.744 e. The second-order valence-corrected chi connectivity index (χ2v) is 10.2. The van der Waals surface area contributed by atoms with E-state index in [1.54, 1.807) is 42.5 Å². The lowest BCUT2D eigenvalue weighted by atomic mass is 10.1. The standard InChI is InChI=1S/C18H28N3O3.C10H8O3S/c1-3-5-9-23-17-14-16(21-7-11-22-12-8-21)18(13-15(17)20-19)24-10-6-4-2;11-14(12,13)10-7-3-5-8-4-1-2-6-9(8)10/h13-14H,3-12H2,1-2H3;1-7H,(H,11,12,13)/q+1;/p-1. The zero-order valence-corrected chi connectivity index (χ0v) is 22.8. The number of unbranched alkanes of at least 4 members (excludes halogenated alkanes) is 2. The van der Waals surface area contributed by atoms with Crippen LogP contribution in [0.2, 0.25) is 0 Å². The fraction of sp³-hybridized carbons (Fsp3) is 0.429. The molecule has 0 amide bonds. The van der Waals surface area contributed by atoms with Crippen LogP contribution in [-0.4, -0.2) is 52.5 Å². The maximum Gasteiger partial charge on any atom is 0.430 e. The van der Waals surface area contributed by atoms with Crippen LogP contribution in [0.25, 0.3) is 15.7 Å². The number of ether oxygens (including phenoxy) is 3. The molecule has 0 saturated carbocycles. The highest BCUT2D eigenvalue weighted by Crippen LogP contribution is 2.41. The molecule has 0 radical (unpaired) electrons. The molecule has 3 aromatic rings. The van der Waals surface area contributed by atoms with E-state index in [9.17, 15) is 18.4 Å². The summed E-state index contributed by atoms with van der Waals surface area (Å²) in [7, 11) is -4.38. The molecule has 0 N–H and O–H groups in total. The summed E-state index contributed by atoms with van der Waals surface area (Å²) in [6.45, 7) is 8.53. The van der Waals surface area contributed by atoms with Gasteiger partial charge in [-0.25, -0.2) is 8.42 Å². The van der Waals surface area contributed by atoms with Crippen LogP contribution in [0.3, 0.4) is 0 Å². The van der Waals surface area contributed by atoms with Crippen LogP contribution in [0.15, 0.2) is 59.5 Å². The number of fused-ring (bicyclic) bond motifs is 1. The summed E-state index contributed by atoms with van der Waals surface area (Å²) >= 11 is 0. The van der Waals surface area contributed by atoms with Gasteiger partial charge in [0.25, 0.3) is 0 Å². The number of morpholine rings is 1. The average molecular weight is 542 g/mol. The van der Waals surface area contributed by atoms with Crippen molar-refractivity contribution in [2.75, 3.05) is 44.4 Å². The Morgan fingerprint density at radius 2 is 1.58 bits per heavy atom. The first-order valence-electron chi connectivity index (χ1n) is 12.9. The van der Waals surface area contributed by atoms with Crippen molar-refractivity contribution in [2.45, 2.75) is 44.4 Å². The molecule has 1 saturated heterocycles. The van der Waals surface area contributed by atoms with E-state index >= 15 is 0 Å². The van der Waals surface area contributed by atoms with Crippen molar-refractivity contribution in [1.29, 1.82) is 5.39 Å². The van der Waals surface area contributed by atoms with E-state index in [0.29, 0.717) is 43.3 Å². The molecule has 10 heteroatoms. The van der Waals surface area contributed by atoms with Crippen LogP contribution < -0.4 is 14.4 Å². The zero-order valence-electron chi connectivity index (χ0n) is 22.0. The molecule has 204 valence electrons. The summed E-state index contributed by atoms with van der Waals surface area (Å²) < 4.78 is 49.9. The van der Waals surface area contributed by atoms with Gasteiger partial charge in [-0.1, -0.05) is 63.1 Å². The first-order valence-corrected chi connectivity index (χ1v) is 14.3. The summed E-state index contributed by atoms with van der Waals surface area (Å²) in [6.07, 6.45) is 4.08. The highest BCUT2D eigenvalue weighted by atomic mass is 32.2. The smallest absolute Gasteiger partial charge is 0.430 e. The highest BCUT2D eigenvalue weighted by molar-refractivity contribution is 7.86. The lowest BCUT2D eigenvalue weighted by molar-refractivity contribution is 0.122. The molecule has 1 aliphatic heterocycles. The van der Waals surface area contributed by atoms with E-state index in [1.807, 2.05) is 6.07 Å². The third-order valence-electron chi connectivity index (χ3n) is 6.03. The van der Waals surface area contributed by atoms with Crippen molar-refractivity contribution in [3.8, 4) is 11.5 Å². The van der Waals surface area contributed by atoms with Crippen LogP contribution in [0.1, 0.15) is 39.5 Å². The van der Waals surface area contributed by atoms with Crippen LogP contribution in [-0.2, 0) is 14.9 Å². The third-order valence-corrected chi connectivity index (χ3v) is 6.92. The Balaban J connectivity index is 0.000000241. The second kappa shape index (κ2) is 14.5. The SMILES string of the molecule is CCCCOc1cc(N2CCOCC2)c(OCCCC)cc1[N+]#N.O=S(=O)([O-])c1cccc2ccccc12. The van der Waals surface area contributed by atoms with Crippen molar-refractivity contribution < 1.29 is 27.2 Å². The number of benzene rings is 3. The normalized spacial score (nSPS) is 13.4. The van der Waals surface area contributed by atoms with Gasteiger partial charge in [0.05, 0.1) is 43.1 Å². The Morgan fingerprint density at radius 1 is 0.947 bits per heavy atom. The van der Waals surface area contributed by atoms with Gasteiger partial charge in [0.15, 0.2) is 10.7 Å². The Kier molecular flexibility index (Phi) is 11.1. The number of anilines is 1. The molecular weight excluding hydrogens is 506 g/mol. The summed E-state index contributed by atoms with van der Waals surface area (Å²) in [6, 6.07) is 15.2. The van der Waals surface area contributed by atoms with Gasteiger partial charge < -0.3 is 23.7 Å². The van der Waals surface area contributed by atoms with Gasteiger partial charge in [0.2, 0.25) is 11.1 Å². The second-order valence-electron chi connectivity index (χ2n) is 8.82. The molecule has 0 atom stereocenters. The van der Waals surface area contributed by atoms with Crippen LogP contribution >= 0.6 is 0 Å². The van der Waals surface area contributed by atoms with Crippen molar-refractivity contribution >= 4 is 32.3 Å². The zero-order chi connectivity index (χ0) is 27.4. The van der Waals surface area contributed by atoms with E-state index in [0.717, 1.165) is 55.6 Å². The summed E-state index contributed by atoms with van der Waals surface area (Å²) in [5.74, 6) is 1.33. The predicted molar refractivity (Wildman–Crippen MR) is 147 cm³/mol. The summed E-state index contributed by atoms with van der Waals surface area (Å²) in [5.41, 5.74) is 1.39. The van der Waals surface area contributed by atoms with E-state index in [4.69, 9.17) is 14.2 Å². The maximum atomic E-state index is 10.9. The maximum absolute atomic E-state index is 10.9. The van der Waals surface area contributed by atoms with Gasteiger partial charge >= 0.3 is 5.69 Å². The van der Waals surface area contributed by atoms with Gasteiger partial charge in [0, 0.05) is 19.2 Å². The molecule has 1 heterocycles. The minimum Gasteiger partial charge on any atom is -0.744 e. The number of hydrogen-bond donors (Lipinski definition) is 0. The minimum atomic E-state index is -4.38. The Bertz CT molecular complexity index is 1330. The lowest BCUT2D eigenvalue weighted by Crippen LogP contribution is -2.36. The summed E-state index contributed by atoms with van der Waals surface area (Å²) in [5, 5.41) is 10.6. The van der Waals surface area contributed by atoms with E-state index < -0.39 is 10.1 Å². The monoisotopic (exact) mass is 541 g/mol. The van der Waals surface area contributed by atoms with Crippen molar-refractivity contribution in [1.82, 2.24) is 0 Å². The average Bonchev–Trinajstić information content (AvgIpc) is 2.93. The van der Waals surface area contributed by atoms with Gasteiger partial charge in [0.1, 0.15) is 10.1 Å². The molecule has 0 bridgehead atoms. The Hall–Kier alpha value is -3.39. The molecule has 9 nitrogen and oxygen atoms in total. The molecule has 38 heavy (non-hydrogen) atoms. The van der Waals surface area contributed by atoms with Crippen molar-refractivity contribution in [2.24, 2.45) is 0 Å². The van der Waals surface area contributed by atoms with E-state index in [2.05, 4.69) is 23.7 Å². The molecule has 0 unspecified atom stereocenters. The van der Waals surface area contributed by atoms with Gasteiger partial charge in [-0.05, 0) is 29.7 Å².